The van der Waals surface area contributed by atoms with Crippen molar-refractivity contribution in [2.75, 3.05) is 24.6 Å². The third kappa shape index (κ3) is 22.3. The van der Waals surface area contributed by atoms with Crippen LogP contribution in [0, 0.1) is 23.7 Å². The molecule has 0 fully saturated rings. The van der Waals surface area contributed by atoms with E-state index in [0.29, 0.717) is 20.6 Å². The van der Waals surface area contributed by atoms with E-state index in [1.54, 1.807) is 21.2 Å². The fourth-order valence-corrected chi connectivity index (χ4v) is 25.2. The second-order valence-electron chi connectivity index (χ2n) is 26.1. The molecular formula is C68H96Cl2P4Zr2-2. The van der Waals surface area contributed by atoms with Crippen LogP contribution < -0.4 is 46.0 Å². The van der Waals surface area contributed by atoms with Gasteiger partial charge in [-0.05, 0) is 68.9 Å². The molecule has 0 N–H and O–H groups in total. The molecule has 76 heavy (non-hydrogen) atoms. The predicted octanol–water partition coefficient (Wildman–Crippen LogP) is 14.5. The largest absolute Gasteiger partial charge is 2.00 e. The van der Waals surface area contributed by atoms with Crippen LogP contribution in [-0.2, 0) is 52.4 Å². The van der Waals surface area contributed by atoms with Crippen molar-refractivity contribution in [3.8, 4) is 0 Å². The quantitative estimate of drug-likeness (QED) is 0.0845. The Bertz CT molecular complexity index is 2490. The molecule has 0 aliphatic rings. The zero-order valence-corrected chi connectivity index (χ0v) is 60.5. The summed E-state index contributed by atoms with van der Waals surface area (Å²) in [5.41, 5.74) is 0. The van der Waals surface area contributed by atoms with E-state index in [-0.39, 0.29) is 109 Å². The Hall–Kier alpha value is -0.614. The normalized spacial score (nSPS) is 12.2. The van der Waals surface area contributed by atoms with Crippen LogP contribution in [-0.4, -0.2) is 45.3 Å². The molecule has 0 aliphatic heterocycles. The van der Waals surface area contributed by atoms with E-state index in [4.69, 9.17) is 0 Å². The topological polar surface area (TPSA) is 0 Å². The van der Waals surface area contributed by atoms with Gasteiger partial charge in [-0.3, -0.25) is 0 Å². The maximum Gasteiger partial charge on any atom is 2.00 e. The van der Waals surface area contributed by atoms with Crippen LogP contribution in [0.3, 0.4) is 0 Å². The first-order valence-electron chi connectivity index (χ1n) is 27.2. The monoisotopic (exact) mass is 1290 g/mol. The van der Waals surface area contributed by atoms with E-state index < -0.39 is 0 Å². The van der Waals surface area contributed by atoms with Crippen molar-refractivity contribution < 1.29 is 77.2 Å². The number of halogens is 2. The summed E-state index contributed by atoms with van der Waals surface area (Å²) in [5, 5.41) is 18.9. The molecule has 412 valence electrons. The Morgan fingerprint density at radius 2 is 0.500 bits per heavy atom. The Morgan fingerprint density at radius 1 is 0.316 bits per heavy atom. The van der Waals surface area contributed by atoms with Crippen LogP contribution in [0.5, 0.6) is 0 Å². The second kappa shape index (κ2) is 32.3. The molecule has 0 aromatic heterocycles. The summed E-state index contributed by atoms with van der Waals surface area (Å²) in [4.78, 5) is 0. The molecule has 0 unspecified atom stereocenters. The van der Waals surface area contributed by atoms with E-state index in [0.717, 1.165) is 23.7 Å². The predicted molar refractivity (Wildman–Crippen MR) is 342 cm³/mol. The van der Waals surface area contributed by atoms with Crippen LogP contribution in [0.1, 0.15) is 138 Å². The van der Waals surface area contributed by atoms with Crippen LogP contribution in [0.4, 0.5) is 0 Å². The summed E-state index contributed by atoms with van der Waals surface area (Å²) >= 11 is 0. The molecule has 8 rings (SSSR count). The third-order valence-electron chi connectivity index (χ3n) is 12.7. The summed E-state index contributed by atoms with van der Waals surface area (Å²) in [5.74, 6) is 3.20. The molecule has 8 aromatic rings. The van der Waals surface area contributed by atoms with Crippen molar-refractivity contribution in [3.05, 3.63) is 146 Å². The number of fused-ring (bicyclic) bond motifs is 4. The van der Waals surface area contributed by atoms with Gasteiger partial charge in [0.15, 0.2) is 0 Å². The van der Waals surface area contributed by atoms with Gasteiger partial charge in [0.1, 0.15) is 0 Å². The maximum atomic E-state index is 2.42. The molecule has 0 aliphatic carbocycles. The molecule has 0 radical (unpaired) electrons. The molecule has 8 heteroatoms. The minimum Gasteiger partial charge on any atom is -1.00 e. The van der Waals surface area contributed by atoms with E-state index in [2.05, 4.69) is 284 Å². The van der Waals surface area contributed by atoms with Crippen molar-refractivity contribution >= 4 is 96.0 Å². The molecule has 0 saturated carbocycles. The van der Waals surface area contributed by atoms with Crippen molar-refractivity contribution in [2.24, 2.45) is 23.7 Å². The fourth-order valence-electron chi connectivity index (χ4n) is 11.1. The number of hydrogen-bond acceptors (Lipinski definition) is 0. The Kier molecular flexibility index (Phi) is 31.2. The standard InChI is InChI=1S/4C17H24P.2ClH.2Zr/c2*1-16(2,3)18(17(4,5)6)15-11-13-9-7-8-10-14(13)12-15;2*1-13(2)11-18(12-14(3)4)17-9-15-7-5-6-8-16(15)10-17;;;;/h2*7-12H,1-6H3;2*5-10,13-14H,11-12H2,1-4H3;2*1H;;/q4*-1;;;2*+2/p-2. The van der Waals surface area contributed by atoms with Crippen LogP contribution in [0.25, 0.3) is 43.1 Å². The minimum atomic E-state index is -0.185. The van der Waals surface area contributed by atoms with Gasteiger partial charge in [0.2, 0.25) is 0 Å². The fraction of sp³-hybridized carbons (Fsp3) is 0.471. The Labute approximate surface area is 521 Å². The number of hydrogen-bond donors (Lipinski definition) is 0. The summed E-state index contributed by atoms with van der Waals surface area (Å²) in [6, 6.07) is 54.2. The van der Waals surface area contributed by atoms with E-state index >= 15 is 0 Å². The first kappa shape index (κ1) is 73.4. The first-order valence-corrected chi connectivity index (χ1v) is 33.3. The Balaban J connectivity index is 0.000000498. The van der Waals surface area contributed by atoms with E-state index in [1.165, 1.54) is 67.7 Å². The van der Waals surface area contributed by atoms with Gasteiger partial charge in [0.25, 0.3) is 0 Å². The first-order chi connectivity index (χ1) is 33.5. The van der Waals surface area contributed by atoms with Gasteiger partial charge in [-0.2, -0.15) is 24.3 Å². The van der Waals surface area contributed by atoms with Gasteiger partial charge < -0.3 is 24.8 Å². The summed E-state index contributed by atoms with van der Waals surface area (Å²) in [6.45, 7) is 47.3. The maximum absolute atomic E-state index is 2.42. The van der Waals surface area contributed by atoms with Gasteiger partial charge in [-0.1, -0.05) is 194 Å². The Morgan fingerprint density at radius 3 is 0.684 bits per heavy atom. The molecule has 0 heterocycles. The van der Waals surface area contributed by atoms with Gasteiger partial charge in [0.05, 0.1) is 0 Å². The van der Waals surface area contributed by atoms with Crippen LogP contribution in [0.15, 0.2) is 146 Å². The average Bonchev–Trinajstić information content (AvgIpc) is 4.05. The van der Waals surface area contributed by atoms with Crippen LogP contribution >= 0.6 is 31.7 Å². The zero-order valence-electron chi connectivity index (χ0n) is 50.5. The van der Waals surface area contributed by atoms with Crippen molar-refractivity contribution in [1.82, 2.24) is 0 Å². The van der Waals surface area contributed by atoms with Gasteiger partial charge in [0, 0.05) is 0 Å². The van der Waals surface area contributed by atoms with Crippen molar-refractivity contribution in [2.45, 2.75) is 159 Å². The smallest absolute Gasteiger partial charge is 1.00 e. The molecular weight excluding hydrogens is 1190 g/mol. The number of rotatable bonds is 12. The van der Waals surface area contributed by atoms with E-state index in [1.807, 2.05) is 0 Å². The molecule has 0 saturated heterocycles. The molecule has 0 bridgehead atoms. The summed E-state index contributed by atoms with van der Waals surface area (Å²) in [6.07, 6.45) is 5.46. The molecule has 0 amide bonds. The van der Waals surface area contributed by atoms with Gasteiger partial charge in [-0.15, -0.1) is 161 Å². The molecule has 0 spiro atoms. The minimum absolute atomic E-state index is 0. The van der Waals surface area contributed by atoms with Crippen LogP contribution in [0.2, 0.25) is 0 Å². The summed E-state index contributed by atoms with van der Waals surface area (Å²) in [7, 11) is -0.332. The zero-order chi connectivity index (χ0) is 53.3. The molecule has 0 nitrogen and oxygen atoms in total. The summed E-state index contributed by atoms with van der Waals surface area (Å²) < 4.78 is 0. The second-order valence-corrected chi connectivity index (χ2v) is 38.5. The van der Waals surface area contributed by atoms with Gasteiger partial charge >= 0.3 is 52.4 Å². The third-order valence-corrected chi connectivity index (χ3v) is 26.3. The van der Waals surface area contributed by atoms with E-state index in [9.17, 15) is 0 Å². The van der Waals surface area contributed by atoms with Crippen molar-refractivity contribution in [1.29, 1.82) is 0 Å². The van der Waals surface area contributed by atoms with Crippen molar-refractivity contribution in [3.63, 3.8) is 0 Å². The molecule has 8 aromatic carbocycles. The SMILES string of the molecule is CC(C)(C)P(c1cc2ccccc2[cH-]1)C(C)(C)C.CC(C)(C)P(c1cc2ccccc2[cH-]1)C(C)(C)C.CC(C)CP(CC(C)C)c1cc2ccccc2[cH-]1.CC(C)CP(CC(C)C)c1cc2ccccc2[cH-]1.[Cl-].[Cl-].[Zr+2].[Zr+2]. The molecule has 0 atom stereocenters. The van der Waals surface area contributed by atoms with Gasteiger partial charge in [-0.25, -0.2) is 0 Å². The number of benzene rings is 4. The average molecular weight is 1290 g/mol.